The summed E-state index contributed by atoms with van der Waals surface area (Å²) in [4.78, 5) is 11.7. The Morgan fingerprint density at radius 1 is 1.50 bits per heavy atom. The van der Waals surface area contributed by atoms with Crippen molar-refractivity contribution in [2.45, 2.75) is 19.3 Å². The van der Waals surface area contributed by atoms with Gasteiger partial charge in [-0.3, -0.25) is 0 Å². The van der Waals surface area contributed by atoms with Gasteiger partial charge in [-0.1, -0.05) is 24.1 Å². The molecule has 0 radical (unpaired) electrons. The minimum Gasteiger partial charge on any atom is -0.462 e. The smallest absolute Gasteiger partial charge is 0.339 e. The van der Waals surface area contributed by atoms with Crippen molar-refractivity contribution in [3.05, 3.63) is 28.8 Å². The van der Waals surface area contributed by atoms with Crippen molar-refractivity contribution in [1.29, 1.82) is 0 Å². The van der Waals surface area contributed by atoms with Gasteiger partial charge < -0.3 is 10.5 Å². The minimum absolute atomic E-state index is 0.279. The van der Waals surface area contributed by atoms with Gasteiger partial charge in [-0.15, -0.1) is 0 Å². The van der Waals surface area contributed by atoms with Gasteiger partial charge in [0, 0.05) is 0 Å². The number of anilines is 1. The second-order valence-electron chi connectivity index (χ2n) is 4.10. The molecule has 0 heterocycles. The molecule has 0 saturated heterocycles. The molecule has 0 spiro atoms. The van der Waals surface area contributed by atoms with E-state index in [0.29, 0.717) is 23.8 Å². The van der Waals surface area contributed by atoms with Crippen molar-refractivity contribution in [3.63, 3.8) is 0 Å². The Labute approximate surface area is 99.5 Å². The molecular weight excluding hydrogens is 226 g/mol. The van der Waals surface area contributed by atoms with Crippen LogP contribution in [0.3, 0.4) is 0 Å². The summed E-state index contributed by atoms with van der Waals surface area (Å²) < 4.78 is 5.19. The van der Waals surface area contributed by atoms with Gasteiger partial charge in [0.25, 0.3) is 0 Å². The summed E-state index contributed by atoms with van der Waals surface area (Å²) in [7, 11) is 0. The number of nitrogens with two attached hydrogens (primary N) is 1. The number of esters is 1. The number of hydrogen-bond acceptors (Lipinski definition) is 3. The largest absolute Gasteiger partial charge is 0.462 e. The molecule has 0 atom stereocenters. The standard InChI is InChI=1S/C12H14ClNO2/c13-11-9(5-2-6-10(11)14)12(15)16-7-8-3-1-4-8/h2,5-6,8H,1,3-4,7,14H2. The van der Waals surface area contributed by atoms with E-state index in [-0.39, 0.29) is 11.0 Å². The highest BCUT2D eigenvalue weighted by Crippen LogP contribution is 2.28. The van der Waals surface area contributed by atoms with Crippen LogP contribution in [0, 0.1) is 5.92 Å². The number of carbonyl (C=O) groups is 1. The Bertz CT molecular complexity index is 402. The highest BCUT2D eigenvalue weighted by Gasteiger charge is 2.20. The Morgan fingerprint density at radius 3 is 2.88 bits per heavy atom. The van der Waals surface area contributed by atoms with Crippen LogP contribution in [-0.2, 0) is 4.74 Å². The first-order valence-electron chi connectivity index (χ1n) is 5.39. The summed E-state index contributed by atoms with van der Waals surface area (Å²) in [6.45, 7) is 0.490. The van der Waals surface area contributed by atoms with E-state index in [2.05, 4.69) is 0 Å². The number of halogens is 1. The molecule has 1 saturated carbocycles. The maximum Gasteiger partial charge on any atom is 0.339 e. The fourth-order valence-corrected chi connectivity index (χ4v) is 1.84. The molecule has 1 aliphatic rings. The monoisotopic (exact) mass is 239 g/mol. The van der Waals surface area contributed by atoms with Gasteiger partial charge in [-0.2, -0.15) is 0 Å². The van der Waals surface area contributed by atoms with Crippen molar-refractivity contribution in [1.82, 2.24) is 0 Å². The third kappa shape index (κ3) is 2.30. The number of rotatable bonds is 3. The zero-order valence-electron chi connectivity index (χ0n) is 8.91. The Kier molecular flexibility index (Phi) is 3.34. The summed E-state index contributed by atoms with van der Waals surface area (Å²) in [5.41, 5.74) is 6.36. The lowest BCUT2D eigenvalue weighted by Gasteiger charge is -2.24. The fourth-order valence-electron chi connectivity index (χ4n) is 1.64. The van der Waals surface area contributed by atoms with Crippen molar-refractivity contribution in [3.8, 4) is 0 Å². The molecule has 2 N–H and O–H groups in total. The third-order valence-electron chi connectivity index (χ3n) is 2.92. The van der Waals surface area contributed by atoms with Gasteiger partial charge in [0.15, 0.2) is 0 Å². The molecule has 1 aromatic carbocycles. The zero-order chi connectivity index (χ0) is 11.5. The van der Waals surface area contributed by atoms with Crippen molar-refractivity contribution >= 4 is 23.3 Å². The normalized spacial score (nSPS) is 15.6. The van der Waals surface area contributed by atoms with E-state index in [1.807, 2.05) is 0 Å². The maximum absolute atomic E-state index is 11.7. The summed E-state index contributed by atoms with van der Waals surface area (Å²) in [5, 5.41) is 0.279. The molecule has 16 heavy (non-hydrogen) atoms. The molecule has 3 nitrogen and oxygen atoms in total. The van der Waals surface area contributed by atoms with Gasteiger partial charge in [-0.25, -0.2) is 4.79 Å². The summed E-state index contributed by atoms with van der Waals surface area (Å²) in [6.07, 6.45) is 3.54. The van der Waals surface area contributed by atoms with Crippen molar-refractivity contribution in [2.24, 2.45) is 5.92 Å². The fraction of sp³-hybridized carbons (Fsp3) is 0.417. The third-order valence-corrected chi connectivity index (χ3v) is 3.35. The summed E-state index contributed by atoms with van der Waals surface area (Å²) in [6, 6.07) is 4.98. The highest BCUT2D eigenvalue weighted by atomic mass is 35.5. The lowest BCUT2D eigenvalue weighted by Crippen LogP contribution is -2.20. The van der Waals surface area contributed by atoms with Crippen LogP contribution < -0.4 is 5.73 Å². The number of nitrogen functional groups attached to an aromatic ring is 1. The van der Waals surface area contributed by atoms with Gasteiger partial charge in [0.1, 0.15) is 0 Å². The summed E-state index contributed by atoms with van der Waals surface area (Å²) in [5.74, 6) is 0.146. The average Bonchev–Trinajstić information content (AvgIpc) is 2.19. The maximum atomic E-state index is 11.7. The molecule has 86 valence electrons. The molecule has 0 unspecified atom stereocenters. The first-order chi connectivity index (χ1) is 7.68. The minimum atomic E-state index is -0.385. The number of benzene rings is 1. The molecule has 0 bridgehead atoms. The second-order valence-corrected chi connectivity index (χ2v) is 4.48. The summed E-state index contributed by atoms with van der Waals surface area (Å²) >= 11 is 5.93. The van der Waals surface area contributed by atoms with Crippen LogP contribution >= 0.6 is 11.6 Å². The molecule has 1 aliphatic carbocycles. The van der Waals surface area contributed by atoms with Crippen LogP contribution in [0.4, 0.5) is 5.69 Å². The van der Waals surface area contributed by atoms with Crippen LogP contribution in [0.25, 0.3) is 0 Å². The van der Waals surface area contributed by atoms with Crippen LogP contribution in [0.5, 0.6) is 0 Å². The predicted octanol–water partition coefficient (Wildman–Crippen LogP) is 2.88. The molecular formula is C12H14ClNO2. The van der Waals surface area contributed by atoms with Gasteiger partial charge >= 0.3 is 5.97 Å². The number of carbonyl (C=O) groups excluding carboxylic acids is 1. The first kappa shape index (κ1) is 11.3. The molecule has 4 heteroatoms. The van der Waals surface area contributed by atoms with E-state index >= 15 is 0 Å². The van der Waals surface area contributed by atoms with Gasteiger partial charge in [0.2, 0.25) is 0 Å². The van der Waals surface area contributed by atoms with E-state index in [9.17, 15) is 4.79 Å². The number of ether oxygens (including phenoxy) is 1. The van der Waals surface area contributed by atoms with E-state index in [1.54, 1.807) is 18.2 Å². The van der Waals surface area contributed by atoms with E-state index in [4.69, 9.17) is 22.1 Å². The van der Waals surface area contributed by atoms with Crippen LogP contribution in [0.1, 0.15) is 29.6 Å². The highest BCUT2D eigenvalue weighted by molar-refractivity contribution is 6.36. The number of hydrogen-bond donors (Lipinski definition) is 1. The van der Waals surface area contributed by atoms with Gasteiger partial charge in [-0.05, 0) is 30.9 Å². The second kappa shape index (κ2) is 4.74. The Balaban J connectivity index is 1.99. The zero-order valence-corrected chi connectivity index (χ0v) is 9.67. The van der Waals surface area contributed by atoms with Crippen LogP contribution in [0.15, 0.2) is 18.2 Å². The molecule has 0 aromatic heterocycles. The molecule has 1 fully saturated rings. The van der Waals surface area contributed by atoms with Crippen LogP contribution in [0.2, 0.25) is 5.02 Å². The first-order valence-corrected chi connectivity index (χ1v) is 5.77. The lowest BCUT2D eigenvalue weighted by molar-refractivity contribution is 0.0372. The van der Waals surface area contributed by atoms with Crippen molar-refractivity contribution in [2.75, 3.05) is 12.3 Å². The topological polar surface area (TPSA) is 52.3 Å². The average molecular weight is 240 g/mol. The lowest BCUT2D eigenvalue weighted by atomic mass is 9.86. The molecule has 0 amide bonds. The predicted molar refractivity (Wildman–Crippen MR) is 63.5 cm³/mol. The van der Waals surface area contributed by atoms with Gasteiger partial charge in [0.05, 0.1) is 22.9 Å². The Morgan fingerprint density at radius 2 is 2.25 bits per heavy atom. The molecule has 0 aliphatic heterocycles. The van der Waals surface area contributed by atoms with Crippen molar-refractivity contribution < 1.29 is 9.53 Å². The Hall–Kier alpha value is -1.22. The van der Waals surface area contributed by atoms with E-state index in [1.165, 1.54) is 6.42 Å². The van der Waals surface area contributed by atoms with E-state index < -0.39 is 0 Å². The van der Waals surface area contributed by atoms with Crippen LogP contribution in [-0.4, -0.2) is 12.6 Å². The molecule has 1 aromatic rings. The quantitative estimate of drug-likeness (QED) is 0.652. The molecule has 2 rings (SSSR count). The SMILES string of the molecule is Nc1cccc(C(=O)OCC2CCC2)c1Cl. The van der Waals surface area contributed by atoms with E-state index in [0.717, 1.165) is 12.8 Å².